The van der Waals surface area contributed by atoms with Gasteiger partial charge in [-0.2, -0.15) is 0 Å². The van der Waals surface area contributed by atoms with Crippen molar-refractivity contribution in [2.24, 2.45) is 0 Å². The van der Waals surface area contributed by atoms with Crippen LogP contribution in [0.5, 0.6) is 0 Å². The molecule has 0 unspecified atom stereocenters. The minimum Gasteiger partial charge on any atom is -0.326 e. The molecule has 1 N–H and O–H groups in total. The SMILES string of the molecule is CCN(c1cccc(Cl)c1C)S(=O)(=O)c1ccc(NC(C)=O)cc1. The molecule has 0 aliphatic rings. The number of sulfonamides is 1. The summed E-state index contributed by atoms with van der Waals surface area (Å²) < 4.78 is 27.2. The number of benzene rings is 2. The van der Waals surface area contributed by atoms with Crippen LogP contribution in [0.25, 0.3) is 0 Å². The molecule has 0 atom stereocenters. The lowest BCUT2D eigenvalue weighted by molar-refractivity contribution is -0.114. The molecule has 2 aromatic carbocycles. The number of nitrogens with zero attached hydrogens (tertiary/aromatic N) is 1. The van der Waals surface area contributed by atoms with Crippen molar-refractivity contribution in [1.29, 1.82) is 0 Å². The van der Waals surface area contributed by atoms with Gasteiger partial charge in [0.25, 0.3) is 10.0 Å². The number of carbonyl (C=O) groups is 1. The molecule has 2 rings (SSSR count). The van der Waals surface area contributed by atoms with Gasteiger partial charge in [-0.3, -0.25) is 9.10 Å². The van der Waals surface area contributed by atoms with Crippen LogP contribution in [-0.4, -0.2) is 20.9 Å². The fourth-order valence-corrected chi connectivity index (χ4v) is 4.08. The molecule has 24 heavy (non-hydrogen) atoms. The third-order valence-corrected chi connectivity index (χ3v) is 5.87. The molecular formula is C17H19ClN2O3S. The Kier molecular flexibility index (Phi) is 5.51. The quantitative estimate of drug-likeness (QED) is 0.874. The number of halogens is 1. The Balaban J connectivity index is 2.43. The topological polar surface area (TPSA) is 66.5 Å². The second kappa shape index (κ2) is 7.23. The Morgan fingerprint density at radius 1 is 1.17 bits per heavy atom. The minimum atomic E-state index is -3.73. The largest absolute Gasteiger partial charge is 0.326 e. The van der Waals surface area contributed by atoms with E-state index in [1.165, 1.54) is 23.4 Å². The normalized spacial score (nSPS) is 11.2. The highest BCUT2D eigenvalue weighted by Crippen LogP contribution is 2.30. The van der Waals surface area contributed by atoms with Crippen molar-refractivity contribution in [3.8, 4) is 0 Å². The van der Waals surface area contributed by atoms with Crippen LogP contribution in [-0.2, 0) is 14.8 Å². The zero-order valence-corrected chi connectivity index (χ0v) is 15.3. The van der Waals surface area contributed by atoms with E-state index < -0.39 is 10.0 Å². The molecule has 128 valence electrons. The van der Waals surface area contributed by atoms with Gasteiger partial charge in [-0.1, -0.05) is 17.7 Å². The molecule has 0 saturated carbocycles. The van der Waals surface area contributed by atoms with Crippen LogP contribution < -0.4 is 9.62 Å². The summed E-state index contributed by atoms with van der Waals surface area (Å²) in [6, 6.07) is 11.3. The molecule has 0 heterocycles. The van der Waals surface area contributed by atoms with Crippen LogP contribution in [0.4, 0.5) is 11.4 Å². The van der Waals surface area contributed by atoms with E-state index in [-0.39, 0.29) is 17.3 Å². The first-order chi connectivity index (χ1) is 11.3. The first-order valence-corrected chi connectivity index (χ1v) is 9.24. The maximum Gasteiger partial charge on any atom is 0.264 e. The van der Waals surface area contributed by atoms with Crippen molar-refractivity contribution in [2.45, 2.75) is 25.7 Å². The maximum absolute atomic E-state index is 13.0. The number of carbonyl (C=O) groups excluding carboxylic acids is 1. The average Bonchev–Trinajstić information content (AvgIpc) is 2.52. The van der Waals surface area contributed by atoms with Crippen molar-refractivity contribution in [1.82, 2.24) is 0 Å². The molecule has 0 aliphatic carbocycles. The van der Waals surface area contributed by atoms with Gasteiger partial charge >= 0.3 is 0 Å². The predicted molar refractivity (Wildman–Crippen MR) is 97.1 cm³/mol. The lowest BCUT2D eigenvalue weighted by Gasteiger charge is -2.25. The van der Waals surface area contributed by atoms with E-state index in [1.807, 2.05) is 0 Å². The zero-order valence-electron chi connectivity index (χ0n) is 13.7. The van der Waals surface area contributed by atoms with Gasteiger partial charge in [0.2, 0.25) is 5.91 Å². The summed E-state index contributed by atoms with van der Waals surface area (Å²) in [6.07, 6.45) is 0. The lowest BCUT2D eigenvalue weighted by Crippen LogP contribution is -2.31. The third kappa shape index (κ3) is 3.71. The Morgan fingerprint density at radius 2 is 1.79 bits per heavy atom. The lowest BCUT2D eigenvalue weighted by atomic mass is 10.2. The van der Waals surface area contributed by atoms with E-state index in [4.69, 9.17) is 11.6 Å². The standard InChI is InChI=1S/C17H19ClN2O3S/c1-4-20(17-7-5-6-16(18)12(17)2)24(22,23)15-10-8-14(9-11-15)19-13(3)21/h5-11H,4H2,1-3H3,(H,19,21). The average molecular weight is 367 g/mol. The van der Waals surface area contributed by atoms with Crippen LogP contribution in [0.2, 0.25) is 5.02 Å². The van der Waals surface area contributed by atoms with E-state index in [2.05, 4.69) is 5.32 Å². The molecule has 0 aromatic heterocycles. The Bertz CT molecular complexity index is 849. The zero-order chi connectivity index (χ0) is 17.9. The highest BCUT2D eigenvalue weighted by molar-refractivity contribution is 7.92. The van der Waals surface area contributed by atoms with Gasteiger partial charge in [0.05, 0.1) is 10.6 Å². The summed E-state index contributed by atoms with van der Waals surface area (Å²) in [4.78, 5) is 11.2. The fraction of sp³-hybridized carbons (Fsp3) is 0.235. The highest BCUT2D eigenvalue weighted by Gasteiger charge is 2.25. The van der Waals surface area contributed by atoms with Gasteiger partial charge in [0.1, 0.15) is 0 Å². The molecule has 0 fully saturated rings. The Hall–Kier alpha value is -2.05. The second-order valence-electron chi connectivity index (χ2n) is 5.26. The van der Waals surface area contributed by atoms with Crippen LogP contribution >= 0.6 is 11.6 Å². The number of nitrogens with one attached hydrogen (secondary N) is 1. The summed E-state index contributed by atoms with van der Waals surface area (Å²) >= 11 is 6.12. The van der Waals surface area contributed by atoms with Gasteiger partial charge in [-0.05, 0) is 55.8 Å². The number of amides is 1. The monoisotopic (exact) mass is 366 g/mol. The van der Waals surface area contributed by atoms with E-state index >= 15 is 0 Å². The number of anilines is 2. The molecule has 0 radical (unpaired) electrons. The Labute approximate surface area is 147 Å². The molecule has 2 aromatic rings. The van der Waals surface area contributed by atoms with Crippen molar-refractivity contribution in [2.75, 3.05) is 16.2 Å². The van der Waals surface area contributed by atoms with Crippen molar-refractivity contribution >= 4 is 38.9 Å². The molecule has 0 aliphatic heterocycles. The first-order valence-electron chi connectivity index (χ1n) is 7.43. The van der Waals surface area contributed by atoms with E-state index in [0.717, 1.165) is 0 Å². The van der Waals surface area contributed by atoms with Crippen molar-refractivity contribution < 1.29 is 13.2 Å². The van der Waals surface area contributed by atoms with E-state index in [0.29, 0.717) is 22.0 Å². The molecule has 7 heteroatoms. The van der Waals surface area contributed by atoms with E-state index in [9.17, 15) is 13.2 Å². The van der Waals surface area contributed by atoms with Gasteiger partial charge in [0, 0.05) is 24.2 Å². The summed E-state index contributed by atoms with van der Waals surface area (Å²) in [7, 11) is -3.73. The third-order valence-electron chi connectivity index (χ3n) is 3.56. The molecule has 0 saturated heterocycles. The molecule has 1 amide bonds. The number of hydrogen-bond donors (Lipinski definition) is 1. The van der Waals surface area contributed by atoms with Crippen LogP contribution in [0.15, 0.2) is 47.4 Å². The summed E-state index contributed by atoms with van der Waals surface area (Å²) in [5.41, 5.74) is 1.80. The van der Waals surface area contributed by atoms with E-state index in [1.54, 1.807) is 44.2 Å². The second-order valence-corrected chi connectivity index (χ2v) is 7.53. The molecule has 5 nitrogen and oxygen atoms in total. The molecule has 0 bridgehead atoms. The van der Waals surface area contributed by atoms with Crippen LogP contribution in [0, 0.1) is 6.92 Å². The highest BCUT2D eigenvalue weighted by atomic mass is 35.5. The molecular weight excluding hydrogens is 348 g/mol. The first kappa shape index (κ1) is 18.3. The van der Waals surface area contributed by atoms with Crippen molar-refractivity contribution in [3.05, 3.63) is 53.1 Å². The summed E-state index contributed by atoms with van der Waals surface area (Å²) in [5, 5.41) is 3.13. The smallest absolute Gasteiger partial charge is 0.264 e. The number of hydrogen-bond acceptors (Lipinski definition) is 3. The minimum absolute atomic E-state index is 0.151. The van der Waals surface area contributed by atoms with Gasteiger partial charge < -0.3 is 5.32 Å². The number of rotatable bonds is 5. The summed E-state index contributed by atoms with van der Waals surface area (Å²) in [6.45, 7) is 5.22. The van der Waals surface area contributed by atoms with Gasteiger partial charge in [-0.25, -0.2) is 8.42 Å². The van der Waals surface area contributed by atoms with Crippen molar-refractivity contribution in [3.63, 3.8) is 0 Å². The van der Waals surface area contributed by atoms with Gasteiger partial charge in [0.15, 0.2) is 0 Å². The van der Waals surface area contributed by atoms with Gasteiger partial charge in [-0.15, -0.1) is 0 Å². The van der Waals surface area contributed by atoms with Crippen LogP contribution in [0.1, 0.15) is 19.4 Å². The fourth-order valence-electron chi connectivity index (χ4n) is 2.38. The van der Waals surface area contributed by atoms with Crippen LogP contribution in [0.3, 0.4) is 0 Å². The maximum atomic E-state index is 13.0. The predicted octanol–water partition coefficient (Wildman–Crippen LogP) is 3.82. The molecule has 0 spiro atoms. The Morgan fingerprint density at radius 3 is 2.33 bits per heavy atom. The summed E-state index contributed by atoms with van der Waals surface area (Å²) in [5.74, 6) is -0.213.